The van der Waals surface area contributed by atoms with Crippen LogP contribution < -0.4 is 0 Å². The number of aromatic nitrogens is 1. The van der Waals surface area contributed by atoms with E-state index in [1.165, 1.54) is 22.0 Å². The van der Waals surface area contributed by atoms with Gasteiger partial charge in [-0.05, 0) is 24.3 Å². The molecule has 0 N–H and O–H groups in total. The Balaban J connectivity index is 2.71. The van der Waals surface area contributed by atoms with Gasteiger partial charge in [0, 0.05) is 24.4 Å². The van der Waals surface area contributed by atoms with Gasteiger partial charge in [0.1, 0.15) is 0 Å². The summed E-state index contributed by atoms with van der Waals surface area (Å²) in [5.41, 5.74) is 4.17. The summed E-state index contributed by atoms with van der Waals surface area (Å²) < 4.78 is 2.23. The molecule has 74 valence electrons. The minimum atomic E-state index is 1.10. The Morgan fingerprint density at radius 1 is 1.36 bits per heavy atom. The van der Waals surface area contributed by atoms with Crippen molar-refractivity contribution in [3.05, 3.63) is 35.5 Å². The molecule has 1 nitrogen and oxygen atoms in total. The molecule has 0 radical (unpaired) electrons. The minimum absolute atomic E-state index is 1.10. The summed E-state index contributed by atoms with van der Waals surface area (Å²) in [6.45, 7) is 2.17. The highest BCUT2D eigenvalue weighted by Gasteiger charge is 2.06. The SMILES string of the molecule is CSCc1cn(C)c2c(C)cccc12. The maximum absolute atomic E-state index is 2.24. The first kappa shape index (κ1) is 9.66. The lowest BCUT2D eigenvalue weighted by Crippen LogP contribution is -1.86. The van der Waals surface area contributed by atoms with E-state index < -0.39 is 0 Å². The number of aryl methyl sites for hydroxylation is 2. The van der Waals surface area contributed by atoms with Crippen LogP contribution in [0.25, 0.3) is 10.9 Å². The number of hydrogen-bond acceptors (Lipinski definition) is 1. The first-order valence-corrected chi connectivity index (χ1v) is 6.16. The standard InChI is InChI=1S/C12H15NS/c1-9-5-4-6-11-10(8-14-3)7-13(2)12(9)11/h4-7H,8H2,1-3H3. The summed E-state index contributed by atoms with van der Waals surface area (Å²) in [4.78, 5) is 0. The van der Waals surface area contributed by atoms with E-state index in [4.69, 9.17) is 0 Å². The zero-order valence-corrected chi connectivity index (χ0v) is 9.69. The molecule has 0 aliphatic heterocycles. The Labute approximate surface area is 89.1 Å². The Morgan fingerprint density at radius 3 is 2.86 bits per heavy atom. The van der Waals surface area contributed by atoms with Crippen LogP contribution in [0.4, 0.5) is 0 Å². The second-order valence-corrected chi connectivity index (χ2v) is 4.54. The normalized spacial score (nSPS) is 11.1. The third-order valence-electron chi connectivity index (χ3n) is 2.59. The largest absolute Gasteiger partial charge is 0.350 e. The molecule has 0 atom stereocenters. The van der Waals surface area contributed by atoms with Gasteiger partial charge in [0.2, 0.25) is 0 Å². The molecule has 0 unspecified atom stereocenters. The Morgan fingerprint density at radius 2 is 2.14 bits per heavy atom. The van der Waals surface area contributed by atoms with E-state index in [9.17, 15) is 0 Å². The molecule has 0 fully saturated rings. The molecule has 1 heterocycles. The molecule has 1 aromatic heterocycles. The minimum Gasteiger partial charge on any atom is -0.350 e. The summed E-state index contributed by atoms with van der Waals surface area (Å²) in [5, 5.41) is 1.40. The van der Waals surface area contributed by atoms with Crippen molar-refractivity contribution >= 4 is 22.7 Å². The molecule has 2 rings (SSSR count). The molecule has 0 saturated heterocycles. The van der Waals surface area contributed by atoms with Crippen molar-refractivity contribution < 1.29 is 0 Å². The van der Waals surface area contributed by atoms with Gasteiger partial charge in [0.05, 0.1) is 5.52 Å². The van der Waals surface area contributed by atoms with Gasteiger partial charge >= 0.3 is 0 Å². The Kier molecular flexibility index (Phi) is 2.55. The van der Waals surface area contributed by atoms with Crippen molar-refractivity contribution in [2.45, 2.75) is 12.7 Å². The summed E-state index contributed by atoms with van der Waals surface area (Å²) in [6.07, 6.45) is 4.39. The highest BCUT2D eigenvalue weighted by Crippen LogP contribution is 2.25. The second-order valence-electron chi connectivity index (χ2n) is 3.67. The third kappa shape index (κ3) is 1.44. The number of para-hydroxylation sites is 1. The number of rotatable bonds is 2. The first-order valence-electron chi connectivity index (χ1n) is 4.76. The summed E-state index contributed by atoms with van der Waals surface area (Å²) in [5.74, 6) is 1.10. The lowest BCUT2D eigenvalue weighted by molar-refractivity contribution is 0.958. The van der Waals surface area contributed by atoms with E-state index >= 15 is 0 Å². The predicted molar refractivity (Wildman–Crippen MR) is 64.9 cm³/mol. The van der Waals surface area contributed by atoms with Crippen LogP contribution in [0.15, 0.2) is 24.4 Å². The van der Waals surface area contributed by atoms with E-state index in [0.29, 0.717) is 0 Å². The molecule has 0 aliphatic carbocycles. The molecule has 14 heavy (non-hydrogen) atoms. The zero-order chi connectivity index (χ0) is 10.1. The maximum atomic E-state index is 2.24. The maximum Gasteiger partial charge on any atom is 0.0510 e. The smallest absolute Gasteiger partial charge is 0.0510 e. The molecular weight excluding hydrogens is 190 g/mol. The topological polar surface area (TPSA) is 4.93 Å². The average molecular weight is 205 g/mol. The van der Waals surface area contributed by atoms with Gasteiger partial charge in [0.25, 0.3) is 0 Å². The van der Waals surface area contributed by atoms with Gasteiger partial charge in [-0.25, -0.2) is 0 Å². The van der Waals surface area contributed by atoms with Crippen LogP contribution in [-0.2, 0) is 12.8 Å². The second kappa shape index (κ2) is 3.70. The molecule has 2 heteroatoms. The van der Waals surface area contributed by atoms with E-state index in [2.05, 4.69) is 49.2 Å². The summed E-state index contributed by atoms with van der Waals surface area (Å²) >= 11 is 1.88. The van der Waals surface area contributed by atoms with E-state index in [-0.39, 0.29) is 0 Å². The molecule has 0 amide bonds. The predicted octanol–water partition coefficient (Wildman–Crippen LogP) is 3.35. The summed E-state index contributed by atoms with van der Waals surface area (Å²) in [6, 6.07) is 6.53. The van der Waals surface area contributed by atoms with Crippen molar-refractivity contribution in [2.75, 3.05) is 6.26 Å². The van der Waals surface area contributed by atoms with Gasteiger partial charge in [0.15, 0.2) is 0 Å². The monoisotopic (exact) mass is 205 g/mol. The highest BCUT2D eigenvalue weighted by atomic mass is 32.2. The van der Waals surface area contributed by atoms with Crippen molar-refractivity contribution in [3.8, 4) is 0 Å². The summed E-state index contributed by atoms with van der Waals surface area (Å²) in [7, 11) is 2.12. The van der Waals surface area contributed by atoms with Crippen LogP contribution in [0.5, 0.6) is 0 Å². The Bertz CT molecular complexity index is 457. The van der Waals surface area contributed by atoms with E-state index in [0.717, 1.165) is 5.75 Å². The number of thioether (sulfide) groups is 1. The fourth-order valence-corrected chi connectivity index (χ4v) is 2.57. The fraction of sp³-hybridized carbons (Fsp3) is 0.333. The van der Waals surface area contributed by atoms with Gasteiger partial charge in [-0.15, -0.1) is 0 Å². The van der Waals surface area contributed by atoms with Gasteiger partial charge < -0.3 is 4.57 Å². The van der Waals surface area contributed by atoms with Crippen molar-refractivity contribution in [3.63, 3.8) is 0 Å². The van der Waals surface area contributed by atoms with Crippen LogP contribution >= 0.6 is 11.8 Å². The van der Waals surface area contributed by atoms with Gasteiger partial charge in [-0.3, -0.25) is 0 Å². The molecule has 0 spiro atoms. The molecular formula is C12H15NS. The number of fused-ring (bicyclic) bond motifs is 1. The lowest BCUT2D eigenvalue weighted by atomic mass is 10.1. The fourth-order valence-electron chi connectivity index (χ4n) is 2.02. The van der Waals surface area contributed by atoms with Gasteiger partial charge in [-0.2, -0.15) is 11.8 Å². The van der Waals surface area contributed by atoms with Crippen LogP contribution in [0.3, 0.4) is 0 Å². The van der Waals surface area contributed by atoms with Crippen molar-refractivity contribution in [1.82, 2.24) is 4.57 Å². The van der Waals surface area contributed by atoms with Crippen molar-refractivity contribution in [2.24, 2.45) is 7.05 Å². The van der Waals surface area contributed by atoms with E-state index in [1.807, 2.05) is 11.8 Å². The van der Waals surface area contributed by atoms with Crippen LogP contribution in [0, 0.1) is 6.92 Å². The molecule has 0 bridgehead atoms. The third-order valence-corrected chi connectivity index (χ3v) is 3.19. The zero-order valence-electron chi connectivity index (χ0n) is 8.87. The Hall–Kier alpha value is -0.890. The van der Waals surface area contributed by atoms with Crippen LogP contribution in [0.2, 0.25) is 0 Å². The quantitative estimate of drug-likeness (QED) is 0.728. The van der Waals surface area contributed by atoms with E-state index in [1.54, 1.807) is 0 Å². The average Bonchev–Trinajstić information content (AvgIpc) is 2.46. The van der Waals surface area contributed by atoms with Crippen LogP contribution in [-0.4, -0.2) is 10.8 Å². The molecule has 2 aromatic rings. The molecule has 1 aromatic carbocycles. The number of benzene rings is 1. The number of nitrogens with zero attached hydrogens (tertiary/aromatic N) is 1. The lowest BCUT2D eigenvalue weighted by Gasteiger charge is -1.99. The molecule has 0 aliphatic rings. The van der Waals surface area contributed by atoms with Gasteiger partial charge in [-0.1, -0.05) is 18.2 Å². The highest BCUT2D eigenvalue weighted by molar-refractivity contribution is 7.97. The van der Waals surface area contributed by atoms with Crippen molar-refractivity contribution in [1.29, 1.82) is 0 Å². The van der Waals surface area contributed by atoms with Crippen LogP contribution in [0.1, 0.15) is 11.1 Å². The number of hydrogen-bond donors (Lipinski definition) is 0. The first-order chi connectivity index (χ1) is 6.74. The molecule has 0 saturated carbocycles.